The molecule has 7 heteroatoms. The minimum absolute atomic E-state index is 0.0211. The molecule has 0 aromatic rings. The van der Waals surface area contributed by atoms with E-state index in [0.29, 0.717) is 6.04 Å². The largest absolute Gasteiger partial charge is 0.379 e. The molecule has 156 valence electrons. The van der Waals surface area contributed by atoms with Crippen LogP contribution in [0.2, 0.25) is 0 Å². The summed E-state index contributed by atoms with van der Waals surface area (Å²) < 4.78 is 5.40. The summed E-state index contributed by atoms with van der Waals surface area (Å²) in [5, 5.41) is 7.00. The third kappa shape index (κ3) is 8.05. The van der Waals surface area contributed by atoms with Crippen molar-refractivity contribution < 1.29 is 9.53 Å². The van der Waals surface area contributed by atoms with Crippen LogP contribution in [-0.2, 0) is 9.53 Å². The van der Waals surface area contributed by atoms with E-state index in [-0.39, 0.29) is 12.5 Å². The van der Waals surface area contributed by atoms with E-state index >= 15 is 0 Å². The highest BCUT2D eigenvalue weighted by molar-refractivity contribution is 5.84. The molecule has 7 nitrogen and oxygen atoms in total. The van der Waals surface area contributed by atoms with Gasteiger partial charge in [-0.05, 0) is 37.5 Å². The SMILES string of the molecule is CC(C)C1CCC(NC(=NCC(=O)N(C)C)NCCN2CCOCC2)CC1. The molecule has 0 radical (unpaired) electrons. The molecule has 0 aromatic heterocycles. The highest BCUT2D eigenvalue weighted by Crippen LogP contribution is 2.29. The molecule has 2 rings (SSSR count). The maximum atomic E-state index is 11.9. The summed E-state index contributed by atoms with van der Waals surface area (Å²) in [6, 6.07) is 0.448. The lowest BCUT2D eigenvalue weighted by Gasteiger charge is -2.32. The third-order valence-electron chi connectivity index (χ3n) is 5.75. The zero-order valence-corrected chi connectivity index (χ0v) is 17.7. The fourth-order valence-electron chi connectivity index (χ4n) is 3.72. The Balaban J connectivity index is 1.83. The van der Waals surface area contributed by atoms with Crippen LogP contribution in [0, 0.1) is 11.8 Å². The van der Waals surface area contributed by atoms with Gasteiger partial charge in [0.25, 0.3) is 0 Å². The van der Waals surface area contributed by atoms with Crippen molar-refractivity contribution in [2.75, 3.05) is 60.0 Å². The highest BCUT2D eigenvalue weighted by atomic mass is 16.5. The zero-order chi connectivity index (χ0) is 19.6. The number of nitrogens with one attached hydrogen (secondary N) is 2. The number of guanidine groups is 1. The third-order valence-corrected chi connectivity index (χ3v) is 5.75. The molecule has 1 aliphatic carbocycles. The van der Waals surface area contributed by atoms with Gasteiger partial charge in [0.1, 0.15) is 6.54 Å². The topological polar surface area (TPSA) is 69.2 Å². The number of hydrogen-bond donors (Lipinski definition) is 2. The Morgan fingerprint density at radius 3 is 2.44 bits per heavy atom. The molecule has 2 fully saturated rings. The molecule has 2 N–H and O–H groups in total. The number of nitrogens with zero attached hydrogens (tertiary/aromatic N) is 3. The van der Waals surface area contributed by atoms with E-state index < -0.39 is 0 Å². The molecule has 1 aliphatic heterocycles. The van der Waals surface area contributed by atoms with Crippen LogP contribution < -0.4 is 10.6 Å². The second-order valence-electron chi connectivity index (χ2n) is 8.33. The lowest BCUT2D eigenvalue weighted by Crippen LogP contribution is -2.48. The molecule has 0 spiro atoms. The molecule has 0 atom stereocenters. The van der Waals surface area contributed by atoms with Crippen molar-refractivity contribution >= 4 is 11.9 Å². The van der Waals surface area contributed by atoms with Crippen molar-refractivity contribution in [3.63, 3.8) is 0 Å². The molecular formula is C20H39N5O2. The molecular weight excluding hydrogens is 342 g/mol. The first-order valence-corrected chi connectivity index (χ1v) is 10.5. The average molecular weight is 382 g/mol. The summed E-state index contributed by atoms with van der Waals surface area (Å²) in [6.45, 7) is 10.2. The molecule has 0 unspecified atom stereocenters. The predicted octanol–water partition coefficient (Wildman–Crippen LogP) is 1.16. The lowest BCUT2D eigenvalue weighted by atomic mass is 9.80. The molecule has 1 heterocycles. The van der Waals surface area contributed by atoms with E-state index in [1.165, 1.54) is 25.7 Å². The van der Waals surface area contributed by atoms with E-state index in [9.17, 15) is 4.79 Å². The van der Waals surface area contributed by atoms with Crippen LogP contribution in [0.1, 0.15) is 39.5 Å². The van der Waals surface area contributed by atoms with Crippen molar-refractivity contribution in [1.29, 1.82) is 0 Å². The normalized spacial score (nSPS) is 24.7. The number of morpholine rings is 1. The summed E-state index contributed by atoms with van der Waals surface area (Å²) >= 11 is 0. The first-order valence-electron chi connectivity index (χ1n) is 10.5. The van der Waals surface area contributed by atoms with Gasteiger partial charge in [-0.15, -0.1) is 0 Å². The van der Waals surface area contributed by atoms with Crippen molar-refractivity contribution in [1.82, 2.24) is 20.4 Å². The molecule has 1 saturated carbocycles. The summed E-state index contributed by atoms with van der Waals surface area (Å²) in [6.07, 6.45) is 4.89. The summed E-state index contributed by atoms with van der Waals surface area (Å²) in [4.78, 5) is 20.4. The number of carbonyl (C=O) groups is 1. The van der Waals surface area contributed by atoms with Crippen LogP contribution in [0.3, 0.4) is 0 Å². The average Bonchev–Trinajstić information content (AvgIpc) is 2.66. The van der Waals surface area contributed by atoms with Crippen molar-refractivity contribution in [2.45, 2.75) is 45.6 Å². The Labute approximate surface area is 164 Å². The Bertz CT molecular complexity index is 467. The van der Waals surface area contributed by atoms with Gasteiger partial charge in [0.2, 0.25) is 5.91 Å². The highest BCUT2D eigenvalue weighted by Gasteiger charge is 2.24. The van der Waals surface area contributed by atoms with Gasteiger partial charge in [0.05, 0.1) is 13.2 Å². The Kier molecular flexibility index (Phi) is 9.34. The van der Waals surface area contributed by atoms with Gasteiger partial charge in [0, 0.05) is 46.3 Å². The van der Waals surface area contributed by atoms with Crippen molar-refractivity contribution in [2.24, 2.45) is 16.8 Å². The van der Waals surface area contributed by atoms with E-state index in [1.807, 2.05) is 0 Å². The predicted molar refractivity (Wildman–Crippen MR) is 110 cm³/mol. The number of rotatable bonds is 7. The van der Waals surface area contributed by atoms with E-state index in [1.54, 1.807) is 19.0 Å². The van der Waals surface area contributed by atoms with Crippen LogP contribution in [0.5, 0.6) is 0 Å². The van der Waals surface area contributed by atoms with Gasteiger partial charge < -0.3 is 20.3 Å². The molecule has 0 bridgehead atoms. The van der Waals surface area contributed by atoms with Gasteiger partial charge >= 0.3 is 0 Å². The number of aliphatic imine (C=N–C) groups is 1. The minimum atomic E-state index is 0.0211. The van der Waals surface area contributed by atoms with Gasteiger partial charge in [-0.1, -0.05) is 13.8 Å². The van der Waals surface area contributed by atoms with Crippen molar-refractivity contribution in [3.05, 3.63) is 0 Å². The second kappa shape index (κ2) is 11.5. The number of amides is 1. The fourth-order valence-corrected chi connectivity index (χ4v) is 3.72. The zero-order valence-electron chi connectivity index (χ0n) is 17.7. The smallest absolute Gasteiger partial charge is 0.243 e. The maximum Gasteiger partial charge on any atom is 0.243 e. The van der Waals surface area contributed by atoms with Crippen LogP contribution in [0.15, 0.2) is 4.99 Å². The van der Waals surface area contributed by atoms with Crippen molar-refractivity contribution in [3.8, 4) is 0 Å². The first-order chi connectivity index (χ1) is 13.0. The Hall–Kier alpha value is -1.34. The summed E-state index contributed by atoms with van der Waals surface area (Å²) in [7, 11) is 3.54. The number of likely N-dealkylation sites (N-methyl/N-ethyl adjacent to an activating group) is 1. The monoisotopic (exact) mass is 381 g/mol. The summed E-state index contributed by atoms with van der Waals surface area (Å²) in [5.74, 6) is 2.40. The summed E-state index contributed by atoms with van der Waals surface area (Å²) in [5.41, 5.74) is 0. The van der Waals surface area contributed by atoms with Gasteiger partial charge in [0.15, 0.2) is 5.96 Å². The minimum Gasteiger partial charge on any atom is -0.379 e. The van der Waals surface area contributed by atoms with Gasteiger partial charge in [-0.3, -0.25) is 9.69 Å². The molecule has 27 heavy (non-hydrogen) atoms. The Morgan fingerprint density at radius 1 is 1.19 bits per heavy atom. The standard InChI is InChI=1S/C20H39N5O2/c1-16(2)17-5-7-18(8-6-17)23-20(22-15-19(26)24(3)4)21-9-10-25-11-13-27-14-12-25/h16-18H,5-15H2,1-4H3,(H2,21,22,23). The Morgan fingerprint density at radius 2 is 1.85 bits per heavy atom. The first kappa shape index (κ1) is 22.0. The van der Waals surface area contributed by atoms with E-state index in [0.717, 1.165) is 57.2 Å². The maximum absolute atomic E-state index is 11.9. The van der Waals surface area contributed by atoms with Crippen LogP contribution >= 0.6 is 0 Å². The molecule has 1 amide bonds. The number of carbonyl (C=O) groups excluding carboxylic acids is 1. The molecule has 1 saturated heterocycles. The fraction of sp³-hybridized carbons (Fsp3) is 0.900. The lowest BCUT2D eigenvalue weighted by molar-refractivity contribution is -0.127. The number of ether oxygens (including phenoxy) is 1. The van der Waals surface area contributed by atoms with E-state index in [2.05, 4.69) is 34.4 Å². The van der Waals surface area contributed by atoms with Crippen LogP contribution in [0.25, 0.3) is 0 Å². The van der Waals surface area contributed by atoms with Crippen LogP contribution in [0.4, 0.5) is 0 Å². The molecule has 0 aromatic carbocycles. The quantitative estimate of drug-likeness (QED) is 0.512. The van der Waals surface area contributed by atoms with Gasteiger partial charge in [-0.25, -0.2) is 4.99 Å². The molecule has 2 aliphatic rings. The second-order valence-corrected chi connectivity index (χ2v) is 8.33. The van der Waals surface area contributed by atoms with Gasteiger partial charge in [-0.2, -0.15) is 0 Å². The van der Waals surface area contributed by atoms with Crippen LogP contribution in [-0.4, -0.2) is 87.7 Å². The van der Waals surface area contributed by atoms with E-state index in [4.69, 9.17) is 4.74 Å². The number of hydrogen-bond acceptors (Lipinski definition) is 4.